The first kappa shape index (κ1) is 16.6. The number of carbonyl (C=O) groups is 2. The lowest BCUT2D eigenvalue weighted by Gasteiger charge is -2.37. The van der Waals surface area contributed by atoms with Gasteiger partial charge in [-0.05, 0) is 22.3 Å². The molecule has 0 spiro atoms. The number of nitrogens with one attached hydrogen (secondary N) is 1. The third kappa shape index (κ3) is 2.72. The molecule has 4 rings (SSSR count). The van der Waals surface area contributed by atoms with Gasteiger partial charge in [-0.1, -0.05) is 48.5 Å². The molecule has 134 valence electrons. The number of hydrogen-bond donors (Lipinski definition) is 2. The van der Waals surface area contributed by atoms with Crippen LogP contribution >= 0.6 is 0 Å². The van der Waals surface area contributed by atoms with E-state index in [0.717, 1.165) is 22.3 Å². The van der Waals surface area contributed by atoms with Crippen molar-refractivity contribution in [3.8, 4) is 11.1 Å². The summed E-state index contributed by atoms with van der Waals surface area (Å²) in [5, 5.41) is 11.8. The summed E-state index contributed by atoms with van der Waals surface area (Å²) in [6.45, 7) is 0.410. The van der Waals surface area contributed by atoms with Gasteiger partial charge in [-0.2, -0.15) is 0 Å². The van der Waals surface area contributed by atoms with E-state index in [1.807, 2.05) is 36.4 Å². The number of benzene rings is 2. The lowest BCUT2D eigenvalue weighted by Crippen LogP contribution is -2.56. The second-order valence-electron chi connectivity index (χ2n) is 6.76. The molecule has 2 aromatic carbocycles. The number of hydrogen-bond acceptors (Lipinski definition) is 4. The summed E-state index contributed by atoms with van der Waals surface area (Å²) in [6, 6.07) is 16.2. The topological polar surface area (TPSA) is 84.9 Å². The number of ether oxygens (including phenoxy) is 2. The average molecular weight is 353 g/mol. The predicted octanol–water partition coefficient (Wildman–Crippen LogP) is 2.63. The molecule has 0 saturated carbocycles. The van der Waals surface area contributed by atoms with E-state index < -0.39 is 17.5 Å². The Kier molecular flexibility index (Phi) is 4.12. The van der Waals surface area contributed by atoms with E-state index in [9.17, 15) is 14.7 Å². The number of carboxylic acid groups (broad SMARTS) is 1. The van der Waals surface area contributed by atoms with Crippen LogP contribution in [-0.2, 0) is 14.3 Å². The highest BCUT2D eigenvalue weighted by molar-refractivity contribution is 5.79. The van der Waals surface area contributed by atoms with Crippen LogP contribution in [0.25, 0.3) is 11.1 Å². The van der Waals surface area contributed by atoms with Crippen molar-refractivity contribution in [1.29, 1.82) is 0 Å². The molecule has 0 unspecified atom stereocenters. The molecule has 0 aromatic heterocycles. The molecule has 6 nitrogen and oxygen atoms in total. The second kappa shape index (κ2) is 6.46. The van der Waals surface area contributed by atoms with E-state index in [2.05, 4.69) is 17.4 Å². The standard InChI is InChI=1S/C20H19NO5/c22-18(23)20(11-25-12-20)10-21-19(24)26-9-17-15-7-3-1-5-13(15)14-6-2-4-8-16(14)17/h1-8,17H,9-12H2,(H,21,24)(H,22,23). The highest BCUT2D eigenvalue weighted by atomic mass is 16.5. The van der Waals surface area contributed by atoms with Gasteiger partial charge in [-0.25, -0.2) is 4.79 Å². The van der Waals surface area contributed by atoms with E-state index in [1.165, 1.54) is 0 Å². The molecule has 1 fully saturated rings. The van der Waals surface area contributed by atoms with Crippen molar-refractivity contribution in [3.63, 3.8) is 0 Å². The van der Waals surface area contributed by atoms with Crippen molar-refractivity contribution in [1.82, 2.24) is 5.32 Å². The zero-order valence-electron chi connectivity index (χ0n) is 14.1. The highest BCUT2D eigenvalue weighted by Gasteiger charge is 2.46. The number of rotatable bonds is 5. The van der Waals surface area contributed by atoms with Gasteiger partial charge in [-0.15, -0.1) is 0 Å². The molecule has 6 heteroatoms. The number of fused-ring (bicyclic) bond motifs is 3. The second-order valence-corrected chi connectivity index (χ2v) is 6.76. The summed E-state index contributed by atoms with van der Waals surface area (Å²) in [5.74, 6) is -0.990. The number of carboxylic acids is 1. The number of aliphatic carboxylic acids is 1. The SMILES string of the molecule is O=C(NCC1(C(=O)O)COC1)OCC1c2ccccc2-c2ccccc21. The maximum Gasteiger partial charge on any atom is 0.407 e. The summed E-state index contributed by atoms with van der Waals surface area (Å²) in [4.78, 5) is 23.4. The van der Waals surface area contributed by atoms with E-state index >= 15 is 0 Å². The van der Waals surface area contributed by atoms with Crippen molar-refractivity contribution in [2.45, 2.75) is 5.92 Å². The first-order valence-corrected chi connectivity index (χ1v) is 8.51. The predicted molar refractivity (Wildman–Crippen MR) is 94.0 cm³/mol. The number of amides is 1. The fourth-order valence-electron chi connectivity index (χ4n) is 3.54. The summed E-state index contributed by atoms with van der Waals surface area (Å²) in [6.07, 6.45) is -0.612. The molecule has 26 heavy (non-hydrogen) atoms. The molecule has 2 aromatic rings. The minimum Gasteiger partial charge on any atom is -0.481 e. The van der Waals surface area contributed by atoms with Crippen LogP contribution in [0, 0.1) is 5.41 Å². The fraction of sp³-hybridized carbons (Fsp3) is 0.300. The molecular formula is C20H19NO5. The van der Waals surface area contributed by atoms with Gasteiger partial charge in [-0.3, -0.25) is 4.79 Å². The van der Waals surface area contributed by atoms with Crippen molar-refractivity contribution in [2.24, 2.45) is 5.41 Å². The van der Waals surface area contributed by atoms with Crippen molar-refractivity contribution in [3.05, 3.63) is 59.7 Å². The molecule has 1 heterocycles. The van der Waals surface area contributed by atoms with Crippen molar-refractivity contribution in [2.75, 3.05) is 26.4 Å². The first-order valence-electron chi connectivity index (χ1n) is 8.51. The molecule has 0 atom stereocenters. The van der Waals surface area contributed by atoms with Gasteiger partial charge in [0.2, 0.25) is 0 Å². The van der Waals surface area contributed by atoms with Crippen molar-refractivity contribution < 1.29 is 24.2 Å². The van der Waals surface area contributed by atoms with Crippen LogP contribution in [0.5, 0.6) is 0 Å². The van der Waals surface area contributed by atoms with Gasteiger partial charge in [0.15, 0.2) is 0 Å². The number of carbonyl (C=O) groups excluding carboxylic acids is 1. The Morgan fingerprint density at radius 3 is 2.15 bits per heavy atom. The van der Waals surface area contributed by atoms with Gasteiger partial charge >= 0.3 is 12.1 Å². The third-order valence-corrected chi connectivity index (χ3v) is 5.13. The molecule has 1 saturated heterocycles. The van der Waals surface area contributed by atoms with Crippen LogP contribution in [0.1, 0.15) is 17.0 Å². The summed E-state index contributed by atoms with van der Waals surface area (Å²) < 4.78 is 10.4. The van der Waals surface area contributed by atoms with E-state index in [1.54, 1.807) is 0 Å². The van der Waals surface area contributed by atoms with Crippen molar-refractivity contribution >= 4 is 12.1 Å². The van der Waals surface area contributed by atoms with E-state index in [4.69, 9.17) is 9.47 Å². The minimum atomic E-state index is -1.04. The van der Waals surface area contributed by atoms with Crippen LogP contribution in [0.3, 0.4) is 0 Å². The van der Waals surface area contributed by atoms with Crippen LogP contribution in [0.15, 0.2) is 48.5 Å². The molecule has 1 aliphatic heterocycles. The Hall–Kier alpha value is -2.86. The number of alkyl carbamates (subject to hydrolysis) is 1. The lowest BCUT2D eigenvalue weighted by atomic mass is 9.86. The molecule has 1 aliphatic carbocycles. The Bertz CT molecular complexity index is 813. The van der Waals surface area contributed by atoms with E-state index in [-0.39, 0.29) is 32.3 Å². The highest BCUT2D eigenvalue weighted by Crippen LogP contribution is 2.44. The van der Waals surface area contributed by atoms with Gasteiger partial charge < -0.3 is 19.9 Å². The van der Waals surface area contributed by atoms with Gasteiger partial charge in [0, 0.05) is 12.5 Å². The Balaban J connectivity index is 1.42. The average Bonchev–Trinajstić information content (AvgIpc) is 2.93. The van der Waals surface area contributed by atoms with Crippen LogP contribution in [0.4, 0.5) is 4.79 Å². The Labute approximate surface area is 150 Å². The largest absolute Gasteiger partial charge is 0.481 e. The van der Waals surface area contributed by atoms with Gasteiger partial charge in [0.25, 0.3) is 0 Å². The lowest BCUT2D eigenvalue weighted by molar-refractivity contribution is -0.178. The Morgan fingerprint density at radius 1 is 1.08 bits per heavy atom. The third-order valence-electron chi connectivity index (χ3n) is 5.13. The van der Waals surface area contributed by atoms with Crippen LogP contribution in [0.2, 0.25) is 0 Å². The van der Waals surface area contributed by atoms with Crippen LogP contribution in [-0.4, -0.2) is 43.5 Å². The van der Waals surface area contributed by atoms with Gasteiger partial charge in [0.1, 0.15) is 12.0 Å². The van der Waals surface area contributed by atoms with Gasteiger partial charge in [0.05, 0.1) is 13.2 Å². The molecule has 2 N–H and O–H groups in total. The maximum atomic E-state index is 12.1. The zero-order chi connectivity index (χ0) is 18.1. The van der Waals surface area contributed by atoms with Crippen LogP contribution < -0.4 is 5.32 Å². The Morgan fingerprint density at radius 2 is 1.65 bits per heavy atom. The normalized spacial score (nSPS) is 16.9. The minimum absolute atomic E-state index is 0.000985. The molecule has 0 radical (unpaired) electrons. The monoisotopic (exact) mass is 353 g/mol. The summed E-state index contributed by atoms with van der Waals surface area (Å²) >= 11 is 0. The summed E-state index contributed by atoms with van der Waals surface area (Å²) in [5.41, 5.74) is 3.56. The first-order chi connectivity index (χ1) is 12.6. The molecule has 2 aliphatic rings. The molecule has 1 amide bonds. The smallest absolute Gasteiger partial charge is 0.407 e. The van der Waals surface area contributed by atoms with E-state index in [0.29, 0.717) is 0 Å². The zero-order valence-corrected chi connectivity index (χ0v) is 14.1. The quantitative estimate of drug-likeness (QED) is 0.863. The summed E-state index contributed by atoms with van der Waals surface area (Å²) in [7, 11) is 0. The molecule has 0 bridgehead atoms. The fourth-order valence-corrected chi connectivity index (χ4v) is 3.54. The molecular weight excluding hydrogens is 334 g/mol. The maximum absolute atomic E-state index is 12.1.